The van der Waals surface area contributed by atoms with E-state index in [4.69, 9.17) is 0 Å². The fourth-order valence-corrected chi connectivity index (χ4v) is 2.46. The van der Waals surface area contributed by atoms with Gasteiger partial charge in [0, 0.05) is 11.0 Å². The Morgan fingerprint density at radius 3 is 2.53 bits per heavy atom. The molecule has 0 aliphatic rings. The molecule has 1 N–H and O–H groups in total. The van der Waals surface area contributed by atoms with Gasteiger partial charge in [0.1, 0.15) is 0 Å². The van der Waals surface area contributed by atoms with Gasteiger partial charge in [-0.25, -0.2) is 0 Å². The van der Waals surface area contributed by atoms with Crippen LogP contribution in [-0.4, -0.2) is 7.05 Å². The number of aryl methyl sites for hydroxylation is 1. The van der Waals surface area contributed by atoms with Gasteiger partial charge in [0.05, 0.1) is 0 Å². The third kappa shape index (κ3) is 2.76. The van der Waals surface area contributed by atoms with Crippen molar-refractivity contribution in [3.8, 4) is 11.1 Å². The summed E-state index contributed by atoms with van der Waals surface area (Å²) in [6.45, 7) is 3.01. The van der Waals surface area contributed by atoms with Crippen molar-refractivity contribution in [1.82, 2.24) is 5.32 Å². The SMILES string of the molecule is CNCc1ccc(C)cc1-c1ccccc1Br. The molecule has 0 aliphatic heterocycles. The first-order valence-corrected chi connectivity index (χ1v) is 6.50. The minimum absolute atomic E-state index is 0.886. The van der Waals surface area contributed by atoms with Crippen molar-refractivity contribution in [2.24, 2.45) is 0 Å². The molecular formula is C15H16BrN. The number of rotatable bonds is 3. The van der Waals surface area contributed by atoms with E-state index in [0.29, 0.717) is 0 Å². The van der Waals surface area contributed by atoms with E-state index in [2.05, 4.69) is 64.6 Å². The zero-order chi connectivity index (χ0) is 12.3. The quantitative estimate of drug-likeness (QED) is 0.895. The summed E-state index contributed by atoms with van der Waals surface area (Å²) in [6, 6.07) is 15.0. The Morgan fingerprint density at radius 1 is 1.06 bits per heavy atom. The van der Waals surface area contributed by atoms with Gasteiger partial charge in [-0.1, -0.05) is 57.9 Å². The molecule has 0 aromatic heterocycles. The maximum Gasteiger partial charge on any atom is 0.0253 e. The molecule has 0 saturated heterocycles. The average Bonchev–Trinajstić information content (AvgIpc) is 2.32. The molecule has 0 aliphatic carbocycles. The van der Waals surface area contributed by atoms with Gasteiger partial charge >= 0.3 is 0 Å². The molecule has 88 valence electrons. The van der Waals surface area contributed by atoms with Crippen LogP contribution in [0.5, 0.6) is 0 Å². The summed E-state index contributed by atoms with van der Waals surface area (Å²) in [5.41, 5.74) is 5.16. The lowest BCUT2D eigenvalue weighted by Gasteiger charge is -2.12. The van der Waals surface area contributed by atoms with Gasteiger partial charge in [-0.05, 0) is 36.7 Å². The number of benzene rings is 2. The number of halogens is 1. The molecular weight excluding hydrogens is 274 g/mol. The summed E-state index contributed by atoms with van der Waals surface area (Å²) < 4.78 is 1.14. The van der Waals surface area contributed by atoms with E-state index in [-0.39, 0.29) is 0 Å². The number of hydrogen-bond acceptors (Lipinski definition) is 1. The van der Waals surface area contributed by atoms with Crippen LogP contribution in [0.2, 0.25) is 0 Å². The number of nitrogens with one attached hydrogen (secondary N) is 1. The molecule has 0 amide bonds. The summed E-state index contributed by atoms with van der Waals surface area (Å²) >= 11 is 3.62. The normalized spacial score (nSPS) is 10.5. The second-order valence-corrected chi connectivity index (χ2v) is 5.03. The summed E-state index contributed by atoms with van der Waals surface area (Å²) in [6.07, 6.45) is 0. The molecule has 17 heavy (non-hydrogen) atoms. The Kier molecular flexibility index (Phi) is 3.97. The van der Waals surface area contributed by atoms with Crippen molar-refractivity contribution < 1.29 is 0 Å². The highest BCUT2D eigenvalue weighted by Gasteiger charge is 2.07. The smallest absolute Gasteiger partial charge is 0.0253 e. The van der Waals surface area contributed by atoms with E-state index in [9.17, 15) is 0 Å². The molecule has 0 bridgehead atoms. The van der Waals surface area contributed by atoms with Crippen LogP contribution in [0.15, 0.2) is 46.9 Å². The molecule has 0 heterocycles. The largest absolute Gasteiger partial charge is 0.316 e. The van der Waals surface area contributed by atoms with E-state index in [1.807, 2.05) is 13.1 Å². The summed E-state index contributed by atoms with van der Waals surface area (Å²) in [7, 11) is 1.98. The Morgan fingerprint density at radius 2 is 1.82 bits per heavy atom. The highest BCUT2D eigenvalue weighted by Crippen LogP contribution is 2.31. The molecule has 2 aromatic carbocycles. The van der Waals surface area contributed by atoms with Crippen molar-refractivity contribution in [3.05, 3.63) is 58.1 Å². The summed E-state index contributed by atoms with van der Waals surface area (Å²) in [5, 5.41) is 3.22. The van der Waals surface area contributed by atoms with Crippen molar-refractivity contribution in [1.29, 1.82) is 0 Å². The third-order valence-electron chi connectivity index (χ3n) is 2.80. The third-order valence-corrected chi connectivity index (χ3v) is 3.49. The van der Waals surface area contributed by atoms with Crippen molar-refractivity contribution in [3.63, 3.8) is 0 Å². The fourth-order valence-electron chi connectivity index (χ4n) is 1.97. The minimum Gasteiger partial charge on any atom is -0.316 e. The maximum atomic E-state index is 3.62. The molecule has 0 atom stereocenters. The first kappa shape index (κ1) is 12.3. The monoisotopic (exact) mass is 289 g/mol. The van der Waals surface area contributed by atoms with Crippen LogP contribution in [0.25, 0.3) is 11.1 Å². The first-order valence-electron chi connectivity index (χ1n) is 5.71. The lowest BCUT2D eigenvalue weighted by molar-refractivity contribution is 0.819. The minimum atomic E-state index is 0.886. The molecule has 2 rings (SSSR count). The van der Waals surface area contributed by atoms with Gasteiger partial charge in [-0.15, -0.1) is 0 Å². The lowest BCUT2D eigenvalue weighted by atomic mass is 9.97. The van der Waals surface area contributed by atoms with Crippen molar-refractivity contribution in [2.45, 2.75) is 13.5 Å². The van der Waals surface area contributed by atoms with Crippen molar-refractivity contribution in [2.75, 3.05) is 7.05 Å². The fraction of sp³-hybridized carbons (Fsp3) is 0.200. The Labute approximate surface area is 111 Å². The zero-order valence-corrected chi connectivity index (χ0v) is 11.7. The van der Waals surface area contributed by atoms with E-state index in [1.54, 1.807) is 0 Å². The van der Waals surface area contributed by atoms with Gasteiger partial charge in [0.25, 0.3) is 0 Å². The number of hydrogen-bond donors (Lipinski definition) is 1. The highest BCUT2D eigenvalue weighted by molar-refractivity contribution is 9.10. The molecule has 0 fully saturated rings. The predicted molar refractivity (Wildman–Crippen MR) is 77.1 cm³/mol. The van der Waals surface area contributed by atoms with Crippen molar-refractivity contribution >= 4 is 15.9 Å². The predicted octanol–water partition coefficient (Wildman–Crippen LogP) is 4.14. The van der Waals surface area contributed by atoms with E-state index < -0.39 is 0 Å². The van der Waals surface area contributed by atoms with Gasteiger partial charge < -0.3 is 5.32 Å². The topological polar surface area (TPSA) is 12.0 Å². The highest BCUT2D eigenvalue weighted by atomic mass is 79.9. The molecule has 0 spiro atoms. The van der Waals surface area contributed by atoms with Crippen LogP contribution in [0, 0.1) is 6.92 Å². The summed E-state index contributed by atoms with van der Waals surface area (Å²) in [5.74, 6) is 0. The van der Waals surface area contributed by atoms with Gasteiger partial charge in [0.15, 0.2) is 0 Å². The standard InChI is InChI=1S/C15H16BrN/c1-11-7-8-12(10-17-2)14(9-11)13-5-3-4-6-15(13)16/h3-9,17H,10H2,1-2H3. The van der Waals surface area contributed by atoms with Crippen LogP contribution in [0.1, 0.15) is 11.1 Å². The Hall–Kier alpha value is -1.12. The van der Waals surface area contributed by atoms with Gasteiger partial charge in [-0.3, -0.25) is 0 Å². The summed E-state index contributed by atoms with van der Waals surface area (Å²) in [4.78, 5) is 0. The van der Waals surface area contributed by atoms with E-state index in [1.165, 1.54) is 22.3 Å². The van der Waals surface area contributed by atoms with E-state index in [0.717, 1.165) is 11.0 Å². The Bertz CT molecular complexity index is 520. The molecule has 2 aromatic rings. The molecule has 2 heteroatoms. The van der Waals surface area contributed by atoms with Crippen LogP contribution < -0.4 is 5.32 Å². The van der Waals surface area contributed by atoms with E-state index >= 15 is 0 Å². The second kappa shape index (κ2) is 5.48. The maximum absolute atomic E-state index is 3.62. The average molecular weight is 290 g/mol. The lowest BCUT2D eigenvalue weighted by Crippen LogP contribution is -2.06. The van der Waals surface area contributed by atoms with Gasteiger partial charge in [-0.2, -0.15) is 0 Å². The second-order valence-electron chi connectivity index (χ2n) is 4.17. The first-order chi connectivity index (χ1) is 8.22. The zero-order valence-electron chi connectivity index (χ0n) is 10.1. The Balaban J connectivity index is 2.57. The van der Waals surface area contributed by atoms with Crippen LogP contribution in [0.4, 0.5) is 0 Å². The molecule has 0 saturated carbocycles. The molecule has 0 unspecified atom stereocenters. The molecule has 1 nitrogen and oxygen atoms in total. The van der Waals surface area contributed by atoms with Crippen LogP contribution in [0.3, 0.4) is 0 Å². The van der Waals surface area contributed by atoms with Gasteiger partial charge in [0.2, 0.25) is 0 Å². The molecule has 0 radical (unpaired) electrons. The van der Waals surface area contributed by atoms with Crippen LogP contribution >= 0.6 is 15.9 Å². The van der Waals surface area contributed by atoms with Crippen LogP contribution in [-0.2, 0) is 6.54 Å².